The van der Waals surface area contributed by atoms with Crippen LogP contribution in [-0.4, -0.2) is 22.9 Å². The van der Waals surface area contributed by atoms with Crippen molar-refractivity contribution in [2.45, 2.75) is 44.7 Å². The molecule has 1 heterocycles. The molecule has 3 nitrogen and oxygen atoms in total. The Balaban J connectivity index is 1.95. The van der Waals surface area contributed by atoms with Crippen molar-refractivity contribution in [1.29, 1.82) is 0 Å². The molecule has 1 aromatic rings. The molecule has 1 saturated carbocycles. The number of rotatable bonds is 2. The first kappa shape index (κ1) is 9.71. The van der Waals surface area contributed by atoms with Crippen LogP contribution in [0.15, 0.2) is 12.4 Å². The molecule has 0 atom stereocenters. The minimum Gasteiger partial charge on any atom is -0.317 e. The molecule has 0 saturated heterocycles. The van der Waals surface area contributed by atoms with Crippen molar-refractivity contribution < 1.29 is 0 Å². The van der Waals surface area contributed by atoms with Crippen molar-refractivity contribution in [3.8, 4) is 0 Å². The summed E-state index contributed by atoms with van der Waals surface area (Å²) in [5.41, 5.74) is 1.26. The van der Waals surface area contributed by atoms with Crippen molar-refractivity contribution in [2.75, 3.05) is 7.05 Å². The zero-order chi connectivity index (χ0) is 9.97. The third-order valence-electron chi connectivity index (χ3n) is 3.21. The van der Waals surface area contributed by atoms with E-state index in [2.05, 4.69) is 35.3 Å². The van der Waals surface area contributed by atoms with E-state index in [1.165, 1.54) is 31.2 Å². The van der Waals surface area contributed by atoms with Gasteiger partial charge >= 0.3 is 0 Å². The monoisotopic (exact) mass is 193 g/mol. The molecule has 78 valence electrons. The predicted molar refractivity (Wildman–Crippen MR) is 57.3 cm³/mol. The maximum Gasteiger partial charge on any atom is 0.0520 e. The smallest absolute Gasteiger partial charge is 0.0520 e. The molecule has 2 rings (SSSR count). The lowest BCUT2D eigenvalue weighted by molar-refractivity contribution is 0.284. The van der Waals surface area contributed by atoms with Crippen LogP contribution in [-0.2, 0) is 0 Å². The van der Waals surface area contributed by atoms with E-state index in [9.17, 15) is 0 Å². The average molecular weight is 193 g/mol. The van der Waals surface area contributed by atoms with Gasteiger partial charge in [0.2, 0.25) is 0 Å². The molecule has 14 heavy (non-hydrogen) atoms. The molecule has 3 heteroatoms. The lowest BCUT2D eigenvalue weighted by Crippen LogP contribution is -2.31. The van der Waals surface area contributed by atoms with Gasteiger partial charge in [-0.25, -0.2) is 0 Å². The van der Waals surface area contributed by atoms with Crippen molar-refractivity contribution in [3.63, 3.8) is 0 Å². The zero-order valence-corrected chi connectivity index (χ0v) is 9.03. The van der Waals surface area contributed by atoms with E-state index >= 15 is 0 Å². The maximum absolute atomic E-state index is 4.39. The Labute approximate surface area is 85.5 Å². The van der Waals surface area contributed by atoms with Crippen LogP contribution in [0.3, 0.4) is 0 Å². The summed E-state index contributed by atoms with van der Waals surface area (Å²) >= 11 is 0. The van der Waals surface area contributed by atoms with Gasteiger partial charge < -0.3 is 5.32 Å². The van der Waals surface area contributed by atoms with Crippen molar-refractivity contribution in [1.82, 2.24) is 15.1 Å². The number of hydrogen-bond acceptors (Lipinski definition) is 2. The number of hydrogen-bond donors (Lipinski definition) is 1. The Morgan fingerprint density at radius 2 is 2.07 bits per heavy atom. The van der Waals surface area contributed by atoms with Gasteiger partial charge in [0.15, 0.2) is 0 Å². The Bertz CT molecular complexity index is 284. The molecule has 1 fully saturated rings. The maximum atomic E-state index is 4.39. The van der Waals surface area contributed by atoms with Crippen molar-refractivity contribution >= 4 is 0 Å². The Kier molecular flexibility index (Phi) is 2.87. The fraction of sp³-hybridized carbons (Fsp3) is 0.727. The fourth-order valence-electron chi connectivity index (χ4n) is 2.26. The van der Waals surface area contributed by atoms with E-state index in [4.69, 9.17) is 0 Å². The highest BCUT2D eigenvalue weighted by atomic mass is 15.3. The van der Waals surface area contributed by atoms with E-state index in [0.717, 1.165) is 6.04 Å². The van der Waals surface area contributed by atoms with Crippen molar-refractivity contribution in [3.05, 3.63) is 18.0 Å². The van der Waals surface area contributed by atoms with E-state index in [1.807, 2.05) is 6.20 Å². The molecule has 0 aromatic carbocycles. The second kappa shape index (κ2) is 4.13. The molecule has 1 aliphatic carbocycles. The molecule has 0 radical (unpaired) electrons. The van der Waals surface area contributed by atoms with E-state index in [1.54, 1.807) is 0 Å². The standard InChI is InChI=1S/C11H19N3/c1-9-7-13-14(8-9)11-5-3-10(12-2)4-6-11/h7-8,10-12H,3-6H2,1-2H3/t10-,11-. The quantitative estimate of drug-likeness (QED) is 0.777. The molecule has 0 aliphatic heterocycles. The Morgan fingerprint density at radius 3 is 2.57 bits per heavy atom. The summed E-state index contributed by atoms with van der Waals surface area (Å²) in [6.45, 7) is 2.10. The van der Waals surface area contributed by atoms with Gasteiger partial charge in [-0.1, -0.05) is 0 Å². The zero-order valence-electron chi connectivity index (χ0n) is 9.03. The number of nitrogens with zero attached hydrogens (tertiary/aromatic N) is 2. The second-order valence-electron chi connectivity index (χ2n) is 4.29. The van der Waals surface area contributed by atoms with Gasteiger partial charge in [0.05, 0.1) is 12.2 Å². The second-order valence-corrected chi connectivity index (χ2v) is 4.29. The molecule has 0 bridgehead atoms. The van der Waals surface area contributed by atoms with Crippen molar-refractivity contribution in [2.24, 2.45) is 0 Å². The van der Waals surface area contributed by atoms with E-state index in [0.29, 0.717) is 6.04 Å². The lowest BCUT2D eigenvalue weighted by atomic mass is 9.91. The number of aryl methyl sites for hydroxylation is 1. The predicted octanol–water partition coefficient (Wildman–Crippen LogP) is 1.89. The van der Waals surface area contributed by atoms with Crippen LogP contribution < -0.4 is 5.32 Å². The molecule has 0 unspecified atom stereocenters. The highest BCUT2D eigenvalue weighted by Crippen LogP contribution is 2.27. The SMILES string of the molecule is CN[C@H]1CC[C@H](n2cc(C)cn2)CC1. The molecule has 1 aliphatic rings. The number of aromatic nitrogens is 2. The van der Waals surface area contributed by atoms with Crippen LogP contribution in [0.1, 0.15) is 37.3 Å². The largest absolute Gasteiger partial charge is 0.317 e. The van der Waals surface area contributed by atoms with Gasteiger partial charge in [-0.3, -0.25) is 4.68 Å². The van der Waals surface area contributed by atoms with Crippen LogP contribution in [0.4, 0.5) is 0 Å². The molecule has 0 spiro atoms. The average Bonchev–Trinajstić information content (AvgIpc) is 2.65. The highest BCUT2D eigenvalue weighted by Gasteiger charge is 2.21. The van der Waals surface area contributed by atoms with Crippen LogP contribution in [0, 0.1) is 6.92 Å². The summed E-state index contributed by atoms with van der Waals surface area (Å²) in [5, 5.41) is 7.74. The normalized spacial score (nSPS) is 27.9. The summed E-state index contributed by atoms with van der Waals surface area (Å²) in [7, 11) is 2.06. The van der Waals surface area contributed by atoms with Crippen LogP contribution >= 0.6 is 0 Å². The molecule has 1 N–H and O–H groups in total. The Hall–Kier alpha value is -0.830. The number of nitrogens with one attached hydrogen (secondary N) is 1. The van der Waals surface area contributed by atoms with E-state index in [-0.39, 0.29) is 0 Å². The minimum atomic E-state index is 0.633. The fourth-order valence-corrected chi connectivity index (χ4v) is 2.26. The molecular weight excluding hydrogens is 174 g/mol. The summed E-state index contributed by atoms with van der Waals surface area (Å²) < 4.78 is 2.14. The summed E-state index contributed by atoms with van der Waals surface area (Å²) in [5.74, 6) is 0. The lowest BCUT2D eigenvalue weighted by Gasteiger charge is -2.28. The van der Waals surface area contributed by atoms with Gasteiger partial charge in [-0.15, -0.1) is 0 Å². The van der Waals surface area contributed by atoms with Crippen LogP contribution in [0.5, 0.6) is 0 Å². The summed E-state index contributed by atoms with van der Waals surface area (Å²) in [4.78, 5) is 0. The Morgan fingerprint density at radius 1 is 1.36 bits per heavy atom. The summed E-state index contributed by atoms with van der Waals surface area (Å²) in [6.07, 6.45) is 9.17. The van der Waals surface area contributed by atoms with Gasteiger partial charge in [0, 0.05) is 12.2 Å². The third kappa shape index (κ3) is 1.98. The van der Waals surface area contributed by atoms with Gasteiger partial charge in [0.1, 0.15) is 0 Å². The highest BCUT2D eigenvalue weighted by molar-refractivity contribution is 5.00. The topological polar surface area (TPSA) is 29.9 Å². The van der Waals surface area contributed by atoms with Gasteiger partial charge in [-0.2, -0.15) is 5.10 Å². The first-order chi connectivity index (χ1) is 6.79. The van der Waals surface area contributed by atoms with E-state index < -0.39 is 0 Å². The van der Waals surface area contributed by atoms with Crippen LogP contribution in [0.2, 0.25) is 0 Å². The third-order valence-corrected chi connectivity index (χ3v) is 3.21. The first-order valence-electron chi connectivity index (χ1n) is 5.47. The van der Waals surface area contributed by atoms with Gasteiger partial charge in [-0.05, 0) is 45.2 Å². The van der Waals surface area contributed by atoms with Crippen LogP contribution in [0.25, 0.3) is 0 Å². The summed E-state index contributed by atoms with van der Waals surface area (Å²) in [6, 6.07) is 1.36. The van der Waals surface area contributed by atoms with Gasteiger partial charge in [0.25, 0.3) is 0 Å². The molecular formula is C11H19N3. The minimum absolute atomic E-state index is 0.633. The molecule has 1 aromatic heterocycles. The first-order valence-corrected chi connectivity index (χ1v) is 5.47. The molecule has 0 amide bonds.